The van der Waals surface area contributed by atoms with E-state index >= 15 is 0 Å². The third kappa shape index (κ3) is 3.92. The van der Waals surface area contributed by atoms with Gasteiger partial charge in [-0.15, -0.1) is 0 Å². The van der Waals surface area contributed by atoms with E-state index in [1.165, 1.54) is 12.1 Å². The highest BCUT2D eigenvalue weighted by Gasteiger charge is 2.10. The number of nitrogens with one attached hydrogen (secondary N) is 1. The summed E-state index contributed by atoms with van der Waals surface area (Å²) < 4.78 is 15.7. The summed E-state index contributed by atoms with van der Waals surface area (Å²) >= 11 is 2.31. The van der Waals surface area contributed by atoms with E-state index in [2.05, 4.69) is 44.1 Å². The molecule has 6 heteroatoms. The summed E-state index contributed by atoms with van der Waals surface area (Å²) in [5, 5.41) is 7.64. The molecule has 0 saturated carbocycles. The van der Waals surface area contributed by atoms with Crippen molar-refractivity contribution in [1.29, 1.82) is 0 Å². The Morgan fingerprint density at radius 2 is 1.96 bits per heavy atom. The Morgan fingerprint density at radius 1 is 1.21 bits per heavy atom. The summed E-state index contributed by atoms with van der Waals surface area (Å²) in [6.07, 6.45) is 3.83. The van der Waals surface area contributed by atoms with Gasteiger partial charge in [0.25, 0.3) is 0 Å². The molecule has 0 aliphatic carbocycles. The van der Waals surface area contributed by atoms with Gasteiger partial charge in [0.1, 0.15) is 11.6 Å². The Kier molecular flexibility index (Phi) is 5.13. The highest BCUT2D eigenvalue weighted by atomic mass is 127. The molecule has 3 aromatic rings. The highest BCUT2D eigenvalue weighted by Crippen LogP contribution is 2.26. The lowest BCUT2D eigenvalue weighted by Gasteiger charge is -2.16. The first-order valence-electron chi connectivity index (χ1n) is 7.63. The fraction of sp³-hybridized carbons (Fsp3) is 0.222. The minimum Gasteiger partial charge on any atom is -0.364 e. The molecule has 1 atom stereocenters. The molecule has 3 rings (SSSR count). The van der Waals surface area contributed by atoms with Crippen LogP contribution in [-0.4, -0.2) is 14.8 Å². The predicted molar refractivity (Wildman–Crippen MR) is 103 cm³/mol. The lowest BCUT2D eigenvalue weighted by Crippen LogP contribution is -2.08. The van der Waals surface area contributed by atoms with Gasteiger partial charge in [-0.3, -0.25) is 4.68 Å². The first-order chi connectivity index (χ1) is 11.5. The highest BCUT2D eigenvalue weighted by molar-refractivity contribution is 14.1. The van der Waals surface area contributed by atoms with Crippen molar-refractivity contribution in [2.24, 2.45) is 7.05 Å². The van der Waals surface area contributed by atoms with Gasteiger partial charge in [0, 0.05) is 29.3 Å². The standard InChI is InChI=1S/C18H18FIN4/c1-12(13-3-5-16(19)6-4-13)22-18-8-14(7-17(9-20)23-18)15-10-21-24(2)11-15/h3-8,10-12H,9H2,1-2H3,(H,22,23)/t12-/m0/s1. The smallest absolute Gasteiger partial charge is 0.127 e. The van der Waals surface area contributed by atoms with E-state index in [1.54, 1.807) is 16.8 Å². The molecule has 0 fully saturated rings. The van der Waals surface area contributed by atoms with Crippen LogP contribution in [-0.2, 0) is 11.5 Å². The zero-order valence-electron chi connectivity index (χ0n) is 13.5. The van der Waals surface area contributed by atoms with Crippen LogP contribution in [0.1, 0.15) is 24.2 Å². The molecule has 4 nitrogen and oxygen atoms in total. The molecule has 0 spiro atoms. The second-order valence-corrected chi connectivity index (χ2v) is 6.45. The van der Waals surface area contributed by atoms with Gasteiger partial charge in [-0.1, -0.05) is 34.7 Å². The van der Waals surface area contributed by atoms with Gasteiger partial charge >= 0.3 is 0 Å². The van der Waals surface area contributed by atoms with E-state index in [-0.39, 0.29) is 11.9 Å². The predicted octanol–water partition coefficient (Wildman–Crippen LogP) is 4.73. The van der Waals surface area contributed by atoms with E-state index in [0.717, 1.165) is 32.6 Å². The number of alkyl halides is 1. The average Bonchev–Trinajstić information content (AvgIpc) is 3.01. The third-order valence-electron chi connectivity index (χ3n) is 3.79. The third-order valence-corrected chi connectivity index (χ3v) is 4.57. The van der Waals surface area contributed by atoms with Gasteiger partial charge in [-0.25, -0.2) is 9.37 Å². The number of pyridine rings is 1. The first kappa shape index (κ1) is 16.9. The van der Waals surface area contributed by atoms with Crippen LogP contribution >= 0.6 is 22.6 Å². The van der Waals surface area contributed by atoms with E-state index in [1.807, 2.05) is 32.4 Å². The summed E-state index contributed by atoms with van der Waals surface area (Å²) in [7, 11) is 1.90. The van der Waals surface area contributed by atoms with E-state index < -0.39 is 0 Å². The molecule has 2 aromatic heterocycles. The van der Waals surface area contributed by atoms with Crippen LogP contribution in [0.25, 0.3) is 11.1 Å². The number of nitrogens with zero attached hydrogens (tertiary/aromatic N) is 3. The molecule has 0 unspecified atom stereocenters. The quantitative estimate of drug-likeness (QED) is 0.465. The van der Waals surface area contributed by atoms with E-state index in [0.29, 0.717) is 0 Å². The fourth-order valence-corrected chi connectivity index (χ4v) is 2.91. The van der Waals surface area contributed by atoms with Crippen molar-refractivity contribution in [3.63, 3.8) is 0 Å². The van der Waals surface area contributed by atoms with Crippen LogP contribution in [0.3, 0.4) is 0 Å². The van der Waals surface area contributed by atoms with Crippen LogP contribution in [0.2, 0.25) is 0 Å². The number of aromatic nitrogens is 3. The number of hydrogen-bond acceptors (Lipinski definition) is 3. The van der Waals surface area contributed by atoms with E-state index in [4.69, 9.17) is 0 Å². The maximum Gasteiger partial charge on any atom is 0.127 e. The molecule has 1 aromatic carbocycles. The largest absolute Gasteiger partial charge is 0.364 e. The zero-order valence-corrected chi connectivity index (χ0v) is 15.7. The van der Waals surface area contributed by atoms with Crippen LogP contribution in [0.5, 0.6) is 0 Å². The topological polar surface area (TPSA) is 42.7 Å². The van der Waals surface area contributed by atoms with Crippen molar-refractivity contribution in [3.8, 4) is 11.1 Å². The van der Waals surface area contributed by atoms with Gasteiger partial charge in [0.05, 0.1) is 11.9 Å². The van der Waals surface area contributed by atoms with Crippen molar-refractivity contribution < 1.29 is 4.39 Å². The Labute approximate surface area is 154 Å². The molecule has 24 heavy (non-hydrogen) atoms. The first-order valence-corrected chi connectivity index (χ1v) is 9.15. The average molecular weight is 436 g/mol. The molecular formula is C18H18FIN4. The molecule has 0 bridgehead atoms. The Hall–Kier alpha value is -1.96. The molecule has 2 heterocycles. The lowest BCUT2D eigenvalue weighted by molar-refractivity contribution is 0.626. The number of aryl methyl sites for hydroxylation is 1. The number of rotatable bonds is 5. The zero-order chi connectivity index (χ0) is 17.1. The number of anilines is 1. The molecule has 0 amide bonds. The molecule has 124 valence electrons. The van der Waals surface area contributed by atoms with Gasteiger partial charge in [-0.2, -0.15) is 5.10 Å². The van der Waals surface area contributed by atoms with Crippen LogP contribution < -0.4 is 5.32 Å². The monoisotopic (exact) mass is 436 g/mol. The molecule has 0 radical (unpaired) electrons. The second kappa shape index (κ2) is 7.29. The summed E-state index contributed by atoms with van der Waals surface area (Å²) in [5.41, 5.74) is 4.16. The Bertz CT molecular complexity index is 829. The van der Waals surface area contributed by atoms with Crippen molar-refractivity contribution in [2.45, 2.75) is 17.4 Å². The minimum absolute atomic E-state index is 0.0318. The van der Waals surface area contributed by atoms with Gasteiger partial charge in [0.15, 0.2) is 0 Å². The number of benzene rings is 1. The van der Waals surface area contributed by atoms with Gasteiger partial charge < -0.3 is 5.32 Å². The SMILES string of the molecule is C[C@H](Nc1cc(-c2cnn(C)c2)cc(CI)n1)c1ccc(F)cc1. The normalized spacial score (nSPS) is 12.2. The molecule has 0 saturated heterocycles. The number of hydrogen-bond donors (Lipinski definition) is 1. The molecule has 0 aliphatic heterocycles. The Morgan fingerprint density at radius 3 is 2.58 bits per heavy atom. The maximum atomic E-state index is 13.1. The number of halogens is 2. The molecule has 1 N–H and O–H groups in total. The summed E-state index contributed by atoms with van der Waals surface area (Å²) in [4.78, 5) is 4.65. The molecular weight excluding hydrogens is 418 g/mol. The van der Waals surface area contributed by atoms with E-state index in [9.17, 15) is 4.39 Å². The van der Waals surface area contributed by atoms with Crippen molar-refractivity contribution in [3.05, 3.63) is 65.9 Å². The second-order valence-electron chi connectivity index (χ2n) is 5.69. The molecule has 0 aliphatic rings. The van der Waals surface area contributed by atoms with Gasteiger partial charge in [-0.05, 0) is 42.3 Å². The van der Waals surface area contributed by atoms with Crippen LogP contribution in [0, 0.1) is 5.82 Å². The van der Waals surface area contributed by atoms with Crippen molar-refractivity contribution in [1.82, 2.24) is 14.8 Å². The van der Waals surface area contributed by atoms with Gasteiger partial charge in [0.2, 0.25) is 0 Å². The van der Waals surface area contributed by atoms with Crippen molar-refractivity contribution >= 4 is 28.4 Å². The fourth-order valence-electron chi connectivity index (χ4n) is 2.52. The summed E-state index contributed by atoms with van der Waals surface area (Å²) in [6, 6.07) is 10.7. The summed E-state index contributed by atoms with van der Waals surface area (Å²) in [5.74, 6) is 0.578. The Balaban J connectivity index is 1.88. The lowest BCUT2D eigenvalue weighted by atomic mass is 10.1. The van der Waals surface area contributed by atoms with Crippen LogP contribution in [0.15, 0.2) is 48.8 Å². The summed E-state index contributed by atoms with van der Waals surface area (Å²) in [6.45, 7) is 2.04. The van der Waals surface area contributed by atoms with Crippen LogP contribution in [0.4, 0.5) is 10.2 Å². The minimum atomic E-state index is -0.227. The maximum absolute atomic E-state index is 13.1. The van der Waals surface area contributed by atoms with Crippen molar-refractivity contribution in [2.75, 3.05) is 5.32 Å².